The van der Waals surface area contributed by atoms with Crippen molar-refractivity contribution in [2.45, 2.75) is 11.8 Å². The maximum absolute atomic E-state index is 11.7. The van der Waals surface area contributed by atoms with Crippen molar-refractivity contribution in [1.82, 2.24) is 0 Å². The SMILES string of the molecule is CN1C(=O)Cc2cc(C(Cl)c3ccc(Cl)c(Br)c3)ccc21. The number of carbonyl (C=O) groups is 1. The first-order valence-electron chi connectivity index (χ1n) is 6.46. The fraction of sp³-hybridized carbons (Fsp3) is 0.188. The minimum atomic E-state index is -0.273. The molecule has 0 bridgehead atoms. The van der Waals surface area contributed by atoms with Gasteiger partial charge in [-0.2, -0.15) is 0 Å². The minimum Gasteiger partial charge on any atom is -0.315 e. The summed E-state index contributed by atoms with van der Waals surface area (Å²) in [4.78, 5) is 13.4. The van der Waals surface area contributed by atoms with E-state index in [4.69, 9.17) is 23.2 Å². The van der Waals surface area contributed by atoms with Gasteiger partial charge in [0.15, 0.2) is 0 Å². The van der Waals surface area contributed by atoms with E-state index in [0.717, 1.165) is 26.9 Å². The van der Waals surface area contributed by atoms with Gasteiger partial charge < -0.3 is 4.90 Å². The van der Waals surface area contributed by atoms with Crippen molar-refractivity contribution >= 4 is 50.7 Å². The lowest BCUT2D eigenvalue weighted by Crippen LogP contribution is -2.20. The number of hydrogen-bond donors (Lipinski definition) is 0. The van der Waals surface area contributed by atoms with Crippen molar-refractivity contribution < 1.29 is 4.79 Å². The molecule has 108 valence electrons. The maximum atomic E-state index is 11.7. The Balaban J connectivity index is 1.96. The standard InChI is InChI=1S/C16H12BrCl2NO/c1-20-14-5-3-9(6-11(14)8-15(20)21)16(19)10-2-4-13(18)12(17)7-10/h2-7,16H,8H2,1H3. The normalized spacial score (nSPS) is 15.2. The number of rotatable bonds is 2. The lowest BCUT2D eigenvalue weighted by atomic mass is 10.0. The number of fused-ring (bicyclic) bond motifs is 1. The molecule has 0 aromatic heterocycles. The molecule has 1 atom stereocenters. The highest BCUT2D eigenvalue weighted by Gasteiger charge is 2.25. The van der Waals surface area contributed by atoms with Crippen molar-refractivity contribution in [3.63, 3.8) is 0 Å². The summed E-state index contributed by atoms with van der Waals surface area (Å²) in [7, 11) is 1.79. The highest BCUT2D eigenvalue weighted by atomic mass is 79.9. The van der Waals surface area contributed by atoms with Gasteiger partial charge in [-0.3, -0.25) is 4.79 Å². The Hall–Kier alpha value is -1.03. The highest BCUT2D eigenvalue weighted by Crippen LogP contribution is 2.36. The van der Waals surface area contributed by atoms with Gasteiger partial charge in [0, 0.05) is 17.2 Å². The summed E-state index contributed by atoms with van der Waals surface area (Å²) in [5.41, 5.74) is 3.93. The number of halogens is 3. The molecule has 1 aliphatic rings. The van der Waals surface area contributed by atoms with Gasteiger partial charge in [0.2, 0.25) is 5.91 Å². The molecule has 2 aromatic carbocycles. The van der Waals surface area contributed by atoms with E-state index in [1.54, 1.807) is 11.9 Å². The summed E-state index contributed by atoms with van der Waals surface area (Å²) in [6, 6.07) is 11.6. The first-order valence-corrected chi connectivity index (χ1v) is 8.06. The number of alkyl halides is 1. The summed E-state index contributed by atoms with van der Waals surface area (Å²) >= 11 is 16.0. The third kappa shape index (κ3) is 2.70. The van der Waals surface area contributed by atoms with Crippen molar-refractivity contribution in [3.05, 3.63) is 62.6 Å². The summed E-state index contributed by atoms with van der Waals surface area (Å²) in [6.45, 7) is 0. The quantitative estimate of drug-likeness (QED) is 0.670. The first kappa shape index (κ1) is 14.9. The predicted octanol–water partition coefficient (Wildman–Crippen LogP) is 4.95. The second-order valence-corrected chi connectivity index (χ2v) is 6.75. The van der Waals surface area contributed by atoms with Crippen LogP contribution in [0.15, 0.2) is 40.9 Å². The number of nitrogens with zero attached hydrogens (tertiary/aromatic N) is 1. The van der Waals surface area contributed by atoms with Crippen LogP contribution in [0.2, 0.25) is 5.02 Å². The Kier molecular flexibility index (Phi) is 4.00. The summed E-state index contributed by atoms with van der Waals surface area (Å²) in [5, 5.41) is 0.383. The maximum Gasteiger partial charge on any atom is 0.231 e. The second-order valence-electron chi connectivity index (χ2n) is 5.05. The van der Waals surface area contributed by atoms with E-state index in [0.29, 0.717) is 11.4 Å². The van der Waals surface area contributed by atoms with E-state index in [2.05, 4.69) is 15.9 Å². The molecule has 0 radical (unpaired) electrons. The Morgan fingerprint density at radius 3 is 2.57 bits per heavy atom. The molecule has 0 saturated carbocycles. The zero-order valence-electron chi connectivity index (χ0n) is 11.2. The molecule has 5 heteroatoms. The smallest absolute Gasteiger partial charge is 0.231 e. The molecule has 3 rings (SSSR count). The molecule has 21 heavy (non-hydrogen) atoms. The Labute approximate surface area is 141 Å². The number of hydrogen-bond acceptors (Lipinski definition) is 1. The van der Waals surface area contributed by atoms with Crippen LogP contribution in [0.25, 0.3) is 0 Å². The molecule has 2 nitrogen and oxygen atoms in total. The van der Waals surface area contributed by atoms with Gasteiger partial charge in [0.1, 0.15) is 0 Å². The lowest BCUT2D eigenvalue weighted by Gasteiger charge is -2.14. The van der Waals surface area contributed by atoms with E-state index >= 15 is 0 Å². The molecule has 1 unspecified atom stereocenters. The van der Waals surface area contributed by atoms with Crippen LogP contribution in [0, 0.1) is 0 Å². The van der Waals surface area contributed by atoms with Crippen LogP contribution in [0.3, 0.4) is 0 Å². The van der Waals surface area contributed by atoms with E-state index in [-0.39, 0.29) is 11.3 Å². The molecule has 0 saturated heterocycles. The Morgan fingerprint density at radius 1 is 1.19 bits per heavy atom. The van der Waals surface area contributed by atoms with Crippen LogP contribution >= 0.6 is 39.1 Å². The largest absolute Gasteiger partial charge is 0.315 e. The van der Waals surface area contributed by atoms with Crippen LogP contribution in [0.4, 0.5) is 5.69 Å². The molecule has 1 aliphatic heterocycles. The van der Waals surface area contributed by atoms with E-state index in [1.165, 1.54) is 0 Å². The molecule has 1 amide bonds. The molecule has 0 aliphatic carbocycles. The first-order chi connectivity index (χ1) is 9.97. The van der Waals surface area contributed by atoms with Crippen LogP contribution in [0.1, 0.15) is 22.1 Å². The van der Waals surface area contributed by atoms with Gasteiger partial charge in [-0.25, -0.2) is 0 Å². The van der Waals surface area contributed by atoms with E-state index in [9.17, 15) is 4.79 Å². The van der Waals surface area contributed by atoms with E-state index in [1.807, 2.05) is 36.4 Å². The monoisotopic (exact) mass is 383 g/mol. The van der Waals surface area contributed by atoms with Crippen molar-refractivity contribution in [1.29, 1.82) is 0 Å². The topological polar surface area (TPSA) is 20.3 Å². The van der Waals surface area contributed by atoms with Gasteiger partial charge in [0.25, 0.3) is 0 Å². The molecular formula is C16H12BrCl2NO. The minimum absolute atomic E-state index is 0.113. The number of likely N-dealkylation sites (N-methyl/N-ethyl adjacent to an activating group) is 1. The zero-order chi connectivity index (χ0) is 15.1. The molecular weight excluding hydrogens is 373 g/mol. The Bertz CT molecular complexity index is 732. The number of benzene rings is 2. The molecule has 1 heterocycles. The molecule has 2 aromatic rings. The van der Waals surface area contributed by atoms with Crippen LogP contribution in [-0.4, -0.2) is 13.0 Å². The number of carbonyl (C=O) groups excluding carboxylic acids is 1. The van der Waals surface area contributed by atoms with Gasteiger partial charge in [-0.1, -0.05) is 29.8 Å². The summed E-state index contributed by atoms with van der Waals surface area (Å²) in [6.07, 6.45) is 0.438. The van der Waals surface area contributed by atoms with Crippen molar-refractivity contribution in [2.75, 3.05) is 11.9 Å². The average Bonchev–Trinajstić information content (AvgIpc) is 2.76. The van der Waals surface area contributed by atoms with Crippen molar-refractivity contribution in [2.24, 2.45) is 0 Å². The zero-order valence-corrected chi connectivity index (χ0v) is 14.3. The van der Waals surface area contributed by atoms with Gasteiger partial charge >= 0.3 is 0 Å². The lowest BCUT2D eigenvalue weighted by molar-refractivity contribution is -0.117. The van der Waals surface area contributed by atoms with Gasteiger partial charge in [-0.15, -0.1) is 11.6 Å². The molecule has 0 N–H and O–H groups in total. The number of amides is 1. The predicted molar refractivity (Wildman–Crippen MR) is 90.4 cm³/mol. The molecule has 0 fully saturated rings. The third-order valence-electron chi connectivity index (χ3n) is 3.71. The van der Waals surface area contributed by atoms with E-state index < -0.39 is 0 Å². The molecule has 0 spiro atoms. The van der Waals surface area contributed by atoms with Crippen LogP contribution < -0.4 is 4.90 Å². The average molecular weight is 385 g/mol. The third-order valence-corrected chi connectivity index (χ3v) is 5.43. The summed E-state index contributed by atoms with van der Waals surface area (Å²) < 4.78 is 0.823. The van der Waals surface area contributed by atoms with Crippen LogP contribution in [0.5, 0.6) is 0 Å². The summed E-state index contributed by atoms with van der Waals surface area (Å²) in [5.74, 6) is 0.113. The van der Waals surface area contributed by atoms with Gasteiger partial charge in [-0.05, 0) is 50.8 Å². The van der Waals surface area contributed by atoms with Crippen LogP contribution in [-0.2, 0) is 11.2 Å². The number of anilines is 1. The fourth-order valence-corrected chi connectivity index (χ4v) is 3.30. The van der Waals surface area contributed by atoms with Crippen molar-refractivity contribution in [3.8, 4) is 0 Å². The Morgan fingerprint density at radius 2 is 1.86 bits per heavy atom. The highest BCUT2D eigenvalue weighted by molar-refractivity contribution is 9.10. The fourth-order valence-electron chi connectivity index (χ4n) is 2.51. The van der Waals surface area contributed by atoms with Gasteiger partial charge in [0.05, 0.1) is 16.8 Å². The second kappa shape index (κ2) is 5.64.